The van der Waals surface area contributed by atoms with Crippen molar-refractivity contribution >= 4 is 15.7 Å². The Morgan fingerprint density at radius 1 is 0.963 bits per heavy atom. The van der Waals surface area contributed by atoms with Crippen molar-refractivity contribution in [2.45, 2.75) is 25.4 Å². The highest BCUT2D eigenvalue weighted by molar-refractivity contribution is 7.92. The Balaban J connectivity index is 1.45. The summed E-state index contributed by atoms with van der Waals surface area (Å²) in [6.45, 7) is 2.73. The molecule has 0 saturated heterocycles. The van der Waals surface area contributed by atoms with Crippen molar-refractivity contribution in [3.63, 3.8) is 0 Å². The molecular weight excluding hydrogens is 366 g/mol. The lowest BCUT2D eigenvalue weighted by Gasteiger charge is -2.19. The first-order valence-electron chi connectivity index (χ1n) is 8.94. The second-order valence-corrected chi connectivity index (χ2v) is 8.54. The van der Waals surface area contributed by atoms with Crippen molar-refractivity contribution in [1.82, 2.24) is 0 Å². The fourth-order valence-electron chi connectivity index (χ4n) is 3.16. The number of rotatable bonds is 5. The number of nitrogens with one attached hydrogen (secondary N) is 1. The largest absolute Gasteiger partial charge is 0.486 e. The molecule has 2 aromatic carbocycles. The summed E-state index contributed by atoms with van der Waals surface area (Å²) in [5.41, 5.74) is 2.62. The van der Waals surface area contributed by atoms with Crippen LogP contribution >= 0.6 is 0 Å². The maximum absolute atomic E-state index is 11.6. The van der Waals surface area contributed by atoms with Gasteiger partial charge in [-0.15, -0.1) is 0 Å². The van der Waals surface area contributed by atoms with Gasteiger partial charge in [-0.2, -0.15) is 10.2 Å². The van der Waals surface area contributed by atoms with Crippen LogP contribution < -0.4 is 14.2 Å². The van der Waals surface area contributed by atoms with Gasteiger partial charge in [0.05, 0.1) is 17.8 Å². The van der Waals surface area contributed by atoms with Crippen LogP contribution in [-0.4, -0.2) is 27.4 Å². The Hall–Kier alpha value is -2.61. The van der Waals surface area contributed by atoms with Crippen LogP contribution in [-0.2, 0) is 10.0 Å². The lowest BCUT2D eigenvalue weighted by Crippen LogP contribution is -2.15. The highest BCUT2D eigenvalue weighted by atomic mass is 32.2. The standard InChI is InChI=1S/C19H21N3O4S/c1-2-27(23,24)22-15-6-3-13(4-7-15)16-12-17(21-20-16)14-5-8-18-19(11-14)26-10-9-25-18/h3-8,11,16-17,22H,2,9-10,12H2,1H3. The van der Waals surface area contributed by atoms with Crippen LogP contribution in [0.25, 0.3) is 0 Å². The molecule has 142 valence electrons. The molecule has 27 heavy (non-hydrogen) atoms. The van der Waals surface area contributed by atoms with Crippen molar-refractivity contribution in [2.75, 3.05) is 23.7 Å². The van der Waals surface area contributed by atoms with Crippen molar-refractivity contribution in [1.29, 1.82) is 0 Å². The molecule has 0 aromatic heterocycles. The van der Waals surface area contributed by atoms with Gasteiger partial charge in [0, 0.05) is 12.1 Å². The van der Waals surface area contributed by atoms with Gasteiger partial charge in [-0.1, -0.05) is 18.2 Å². The van der Waals surface area contributed by atoms with E-state index in [9.17, 15) is 8.42 Å². The average molecular weight is 387 g/mol. The molecule has 2 unspecified atom stereocenters. The molecule has 0 aliphatic carbocycles. The molecule has 1 N–H and O–H groups in total. The minimum atomic E-state index is -3.27. The Morgan fingerprint density at radius 2 is 1.59 bits per heavy atom. The van der Waals surface area contributed by atoms with Gasteiger partial charge < -0.3 is 9.47 Å². The Kier molecular flexibility index (Phi) is 4.73. The number of anilines is 1. The Labute approximate surface area is 158 Å². The number of ether oxygens (including phenoxy) is 2. The highest BCUT2D eigenvalue weighted by Gasteiger charge is 2.26. The van der Waals surface area contributed by atoms with E-state index in [1.807, 2.05) is 30.3 Å². The maximum atomic E-state index is 11.6. The van der Waals surface area contributed by atoms with E-state index in [0.29, 0.717) is 18.9 Å². The quantitative estimate of drug-likeness (QED) is 0.844. The number of azo groups is 1. The molecule has 0 spiro atoms. The normalized spacial score (nSPS) is 21.2. The van der Waals surface area contributed by atoms with Crippen LogP contribution in [0.5, 0.6) is 11.5 Å². The van der Waals surface area contributed by atoms with Crippen LogP contribution in [0.15, 0.2) is 52.7 Å². The van der Waals surface area contributed by atoms with Gasteiger partial charge in [0.1, 0.15) is 13.2 Å². The van der Waals surface area contributed by atoms with E-state index in [2.05, 4.69) is 15.0 Å². The van der Waals surface area contributed by atoms with Crippen LogP contribution in [0.1, 0.15) is 36.6 Å². The predicted molar refractivity (Wildman–Crippen MR) is 102 cm³/mol. The van der Waals surface area contributed by atoms with E-state index >= 15 is 0 Å². The van der Waals surface area contributed by atoms with E-state index in [1.165, 1.54) is 0 Å². The maximum Gasteiger partial charge on any atom is 0.232 e. The zero-order valence-corrected chi connectivity index (χ0v) is 15.8. The second kappa shape index (κ2) is 7.19. The predicted octanol–water partition coefficient (Wildman–Crippen LogP) is 3.86. The smallest absolute Gasteiger partial charge is 0.232 e. The van der Waals surface area contributed by atoms with E-state index in [0.717, 1.165) is 29.0 Å². The van der Waals surface area contributed by atoms with Gasteiger partial charge >= 0.3 is 0 Å². The molecule has 0 bridgehead atoms. The molecule has 2 heterocycles. The Morgan fingerprint density at radius 3 is 2.30 bits per heavy atom. The van der Waals surface area contributed by atoms with Gasteiger partial charge in [0.25, 0.3) is 0 Å². The fourth-order valence-corrected chi connectivity index (χ4v) is 3.80. The van der Waals surface area contributed by atoms with Gasteiger partial charge in [-0.25, -0.2) is 8.42 Å². The molecule has 7 nitrogen and oxygen atoms in total. The van der Waals surface area contributed by atoms with E-state index in [-0.39, 0.29) is 17.8 Å². The van der Waals surface area contributed by atoms with E-state index < -0.39 is 10.0 Å². The number of benzene rings is 2. The highest BCUT2D eigenvalue weighted by Crippen LogP contribution is 2.41. The number of hydrogen-bond acceptors (Lipinski definition) is 6. The SMILES string of the molecule is CCS(=O)(=O)Nc1ccc(C2CC(c3ccc4c(c3)OCCO4)N=N2)cc1. The first kappa shape index (κ1) is 17.8. The van der Waals surface area contributed by atoms with Crippen molar-refractivity contribution in [3.8, 4) is 11.5 Å². The summed E-state index contributed by atoms with van der Waals surface area (Å²) in [5.74, 6) is 1.56. The molecule has 8 heteroatoms. The third-order valence-electron chi connectivity index (χ3n) is 4.69. The second-order valence-electron chi connectivity index (χ2n) is 6.53. The third kappa shape index (κ3) is 3.90. The molecule has 0 fully saturated rings. The zero-order chi connectivity index (χ0) is 18.9. The number of fused-ring (bicyclic) bond motifs is 1. The number of hydrogen-bond donors (Lipinski definition) is 1. The molecule has 2 atom stereocenters. The van der Waals surface area contributed by atoms with Crippen molar-refractivity contribution < 1.29 is 17.9 Å². The van der Waals surface area contributed by atoms with Gasteiger partial charge in [-0.3, -0.25) is 4.72 Å². The fraction of sp³-hybridized carbons (Fsp3) is 0.368. The van der Waals surface area contributed by atoms with Gasteiger partial charge in [-0.05, 0) is 42.3 Å². The molecule has 0 radical (unpaired) electrons. The Bertz CT molecular complexity index is 957. The van der Waals surface area contributed by atoms with Crippen LogP contribution in [0.3, 0.4) is 0 Å². The van der Waals surface area contributed by atoms with Crippen LogP contribution in [0, 0.1) is 0 Å². The molecule has 4 rings (SSSR count). The minimum absolute atomic E-state index is 0.0240. The average Bonchev–Trinajstić information content (AvgIpc) is 3.18. The molecule has 2 aliphatic heterocycles. The summed E-state index contributed by atoms with van der Waals surface area (Å²) in [7, 11) is -3.27. The van der Waals surface area contributed by atoms with E-state index in [1.54, 1.807) is 19.1 Å². The third-order valence-corrected chi connectivity index (χ3v) is 6.00. The summed E-state index contributed by atoms with van der Waals surface area (Å²) in [5, 5.41) is 8.84. The molecule has 2 aliphatic rings. The number of nitrogens with zero attached hydrogens (tertiary/aromatic N) is 2. The van der Waals surface area contributed by atoms with Crippen LogP contribution in [0.2, 0.25) is 0 Å². The van der Waals surface area contributed by atoms with Crippen molar-refractivity contribution in [2.24, 2.45) is 10.2 Å². The molecular formula is C19H21N3O4S. The molecule has 2 aromatic rings. The summed E-state index contributed by atoms with van der Waals surface area (Å²) in [6, 6.07) is 13.1. The lowest BCUT2D eigenvalue weighted by atomic mass is 9.97. The monoisotopic (exact) mass is 387 g/mol. The lowest BCUT2D eigenvalue weighted by molar-refractivity contribution is 0.171. The topological polar surface area (TPSA) is 89.4 Å². The number of sulfonamides is 1. The van der Waals surface area contributed by atoms with Gasteiger partial charge in [0.15, 0.2) is 11.5 Å². The zero-order valence-electron chi connectivity index (χ0n) is 15.0. The molecule has 0 saturated carbocycles. The van der Waals surface area contributed by atoms with E-state index in [4.69, 9.17) is 9.47 Å². The van der Waals surface area contributed by atoms with Crippen molar-refractivity contribution in [3.05, 3.63) is 53.6 Å². The summed E-state index contributed by atoms with van der Waals surface area (Å²) in [6.07, 6.45) is 0.764. The summed E-state index contributed by atoms with van der Waals surface area (Å²) >= 11 is 0. The first-order valence-corrected chi connectivity index (χ1v) is 10.6. The van der Waals surface area contributed by atoms with Gasteiger partial charge in [0.2, 0.25) is 10.0 Å². The summed E-state index contributed by atoms with van der Waals surface area (Å²) < 4.78 is 37.0. The first-order chi connectivity index (χ1) is 13.0. The minimum Gasteiger partial charge on any atom is -0.486 e. The molecule has 0 amide bonds. The van der Waals surface area contributed by atoms with Crippen LogP contribution in [0.4, 0.5) is 5.69 Å². The summed E-state index contributed by atoms with van der Waals surface area (Å²) in [4.78, 5) is 0.